The van der Waals surface area contributed by atoms with Crippen molar-refractivity contribution in [1.82, 2.24) is 10.2 Å². The number of carbonyl (C=O) groups excluding carboxylic acids is 1. The van der Waals surface area contributed by atoms with E-state index in [2.05, 4.69) is 10.2 Å². The first-order chi connectivity index (χ1) is 16.0. The molecule has 0 radical (unpaired) electrons. The number of hydrogen-bond donors (Lipinski definition) is 1. The number of ether oxygens (including phenoxy) is 2. The summed E-state index contributed by atoms with van der Waals surface area (Å²) in [7, 11) is 1.53. The van der Waals surface area contributed by atoms with E-state index in [1.807, 2.05) is 0 Å². The van der Waals surface area contributed by atoms with Gasteiger partial charge in [0.1, 0.15) is 5.75 Å². The Hall–Kier alpha value is -4.10. The van der Waals surface area contributed by atoms with Crippen LogP contribution >= 0.6 is 11.6 Å². The molecule has 4 rings (SSSR count). The quantitative estimate of drug-likeness (QED) is 0.270. The lowest BCUT2D eigenvalue weighted by Crippen LogP contribution is -1.98. The molecule has 166 valence electrons. The third-order valence-corrected chi connectivity index (χ3v) is 4.93. The summed E-state index contributed by atoms with van der Waals surface area (Å²) >= 11 is 5.90. The molecule has 0 aliphatic rings. The van der Waals surface area contributed by atoms with Gasteiger partial charge in [0.2, 0.25) is 5.89 Å². The monoisotopic (exact) mass is 462 g/mol. The highest BCUT2D eigenvalue weighted by atomic mass is 35.5. The molecule has 0 spiro atoms. The van der Waals surface area contributed by atoms with E-state index in [0.717, 1.165) is 11.1 Å². The molecular weight excluding hydrogens is 444 g/mol. The number of aromatic nitrogens is 2. The summed E-state index contributed by atoms with van der Waals surface area (Å²) in [6, 6.07) is 18.4. The van der Waals surface area contributed by atoms with Gasteiger partial charge in [-0.25, -0.2) is 0 Å². The summed E-state index contributed by atoms with van der Waals surface area (Å²) in [6.07, 6.45) is 3.14. The number of nitrogens with zero attached hydrogens (tertiary/aromatic N) is 2. The minimum atomic E-state index is -0.179. The number of benzene rings is 3. The fourth-order valence-corrected chi connectivity index (χ4v) is 3.09. The first-order valence-electron chi connectivity index (χ1n) is 9.92. The Balaban J connectivity index is 1.41. The van der Waals surface area contributed by atoms with Crippen molar-refractivity contribution >= 4 is 23.5 Å². The van der Waals surface area contributed by atoms with Crippen molar-refractivity contribution in [2.75, 3.05) is 7.11 Å². The topological polar surface area (TPSA) is 94.7 Å². The average Bonchev–Trinajstić information content (AvgIpc) is 3.31. The van der Waals surface area contributed by atoms with E-state index in [1.165, 1.54) is 25.3 Å². The number of allylic oxidation sites excluding steroid dienone is 1. The van der Waals surface area contributed by atoms with Crippen molar-refractivity contribution in [3.63, 3.8) is 0 Å². The first-order valence-corrected chi connectivity index (χ1v) is 10.3. The summed E-state index contributed by atoms with van der Waals surface area (Å²) in [6.45, 7) is 0.0610. The maximum atomic E-state index is 12.3. The molecule has 0 saturated carbocycles. The van der Waals surface area contributed by atoms with Gasteiger partial charge in [0.25, 0.3) is 5.89 Å². The Morgan fingerprint density at radius 3 is 2.52 bits per heavy atom. The summed E-state index contributed by atoms with van der Waals surface area (Å²) < 4.78 is 16.8. The number of methoxy groups -OCH3 is 1. The smallest absolute Gasteiger partial charge is 0.254 e. The van der Waals surface area contributed by atoms with Crippen molar-refractivity contribution in [2.45, 2.75) is 6.61 Å². The van der Waals surface area contributed by atoms with Crippen LogP contribution in [0, 0.1) is 0 Å². The van der Waals surface area contributed by atoms with Crippen LogP contribution in [0.3, 0.4) is 0 Å². The van der Waals surface area contributed by atoms with E-state index in [0.29, 0.717) is 33.9 Å². The molecule has 7 nitrogen and oxygen atoms in total. The number of halogens is 1. The highest BCUT2D eigenvalue weighted by Gasteiger charge is 2.11. The lowest BCUT2D eigenvalue weighted by atomic mass is 10.1. The van der Waals surface area contributed by atoms with Gasteiger partial charge in [-0.2, -0.15) is 0 Å². The Morgan fingerprint density at radius 1 is 1.03 bits per heavy atom. The molecule has 8 heteroatoms. The Bertz CT molecular complexity index is 1280. The SMILES string of the molecule is COc1cc(/C=C/C(=O)c2ccc(O)cc2)ccc1OCc1nnc(-c2ccc(Cl)cc2)o1. The zero-order valence-electron chi connectivity index (χ0n) is 17.6. The highest BCUT2D eigenvalue weighted by Crippen LogP contribution is 2.30. The van der Waals surface area contributed by atoms with Gasteiger partial charge in [0.05, 0.1) is 7.11 Å². The molecule has 0 aliphatic heterocycles. The van der Waals surface area contributed by atoms with Crippen LogP contribution in [-0.4, -0.2) is 28.2 Å². The molecule has 1 aromatic heterocycles. The zero-order valence-corrected chi connectivity index (χ0v) is 18.3. The third-order valence-electron chi connectivity index (χ3n) is 4.68. The molecule has 0 aliphatic carbocycles. The van der Waals surface area contributed by atoms with Crippen LogP contribution in [0.5, 0.6) is 17.2 Å². The first kappa shape index (κ1) is 22.1. The largest absolute Gasteiger partial charge is 0.508 e. The van der Waals surface area contributed by atoms with Crippen molar-refractivity contribution in [3.8, 4) is 28.7 Å². The Morgan fingerprint density at radius 2 is 1.79 bits per heavy atom. The molecule has 0 bridgehead atoms. The maximum absolute atomic E-state index is 12.3. The lowest BCUT2D eigenvalue weighted by Gasteiger charge is -2.10. The summed E-state index contributed by atoms with van der Waals surface area (Å²) in [5.41, 5.74) is 2.00. The molecule has 4 aromatic rings. The Kier molecular flexibility index (Phi) is 6.71. The molecular formula is C25H19ClN2O5. The van der Waals surface area contributed by atoms with Gasteiger partial charge in [-0.05, 0) is 72.3 Å². The third kappa shape index (κ3) is 5.58. The second-order valence-corrected chi connectivity index (χ2v) is 7.39. The van der Waals surface area contributed by atoms with Gasteiger partial charge >= 0.3 is 0 Å². The summed E-state index contributed by atoms with van der Waals surface area (Å²) in [5, 5.41) is 18.0. The number of aromatic hydroxyl groups is 1. The van der Waals surface area contributed by atoms with Crippen molar-refractivity contribution in [2.24, 2.45) is 0 Å². The molecule has 0 fully saturated rings. The number of phenols is 1. The average molecular weight is 463 g/mol. The molecule has 0 unspecified atom stereocenters. The molecule has 1 N–H and O–H groups in total. The fourth-order valence-electron chi connectivity index (χ4n) is 2.96. The van der Waals surface area contributed by atoms with Crippen LogP contribution in [0.4, 0.5) is 0 Å². The maximum Gasteiger partial charge on any atom is 0.254 e. The second-order valence-electron chi connectivity index (χ2n) is 6.95. The Labute approximate surface area is 194 Å². The molecule has 3 aromatic carbocycles. The minimum absolute atomic E-state index is 0.0610. The van der Waals surface area contributed by atoms with Gasteiger partial charge < -0.3 is 19.0 Å². The number of rotatable bonds is 8. The summed E-state index contributed by atoms with van der Waals surface area (Å²) in [4.78, 5) is 12.3. The number of phenolic OH excluding ortho intramolecular Hbond substituents is 1. The number of hydrogen-bond acceptors (Lipinski definition) is 7. The normalized spacial score (nSPS) is 11.0. The summed E-state index contributed by atoms with van der Waals surface area (Å²) in [5.74, 6) is 1.60. The van der Waals surface area contributed by atoms with Crippen LogP contribution in [0.2, 0.25) is 5.02 Å². The van der Waals surface area contributed by atoms with Crippen molar-refractivity contribution in [1.29, 1.82) is 0 Å². The van der Waals surface area contributed by atoms with Crippen molar-refractivity contribution in [3.05, 3.63) is 94.8 Å². The minimum Gasteiger partial charge on any atom is -0.508 e. The zero-order chi connectivity index (χ0) is 23.2. The van der Waals surface area contributed by atoms with Gasteiger partial charge in [0, 0.05) is 16.1 Å². The van der Waals surface area contributed by atoms with Gasteiger partial charge in [-0.15, -0.1) is 10.2 Å². The standard InChI is InChI=1S/C25H19ClN2O5/c1-31-23-14-16(2-12-21(30)17-6-10-20(29)11-7-17)3-13-22(23)32-15-24-27-28-25(33-24)18-4-8-19(26)9-5-18/h2-14,29H,15H2,1H3/b12-2+. The second kappa shape index (κ2) is 10.0. The fraction of sp³-hybridized carbons (Fsp3) is 0.0800. The van der Waals surface area contributed by atoms with Crippen LogP contribution in [0.15, 0.2) is 77.2 Å². The van der Waals surface area contributed by atoms with E-state index >= 15 is 0 Å². The van der Waals surface area contributed by atoms with E-state index in [1.54, 1.807) is 60.7 Å². The van der Waals surface area contributed by atoms with E-state index in [-0.39, 0.29) is 18.1 Å². The highest BCUT2D eigenvalue weighted by molar-refractivity contribution is 6.30. The van der Waals surface area contributed by atoms with Crippen LogP contribution in [0.1, 0.15) is 21.8 Å². The van der Waals surface area contributed by atoms with E-state index in [9.17, 15) is 9.90 Å². The van der Waals surface area contributed by atoms with Crippen LogP contribution in [-0.2, 0) is 6.61 Å². The van der Waals surface area contributed by atoms with Gasteiger partial charge in [0.15, 0.2) is 23.9 Å². The van der Waals surface area contributed by atoms with Crippen LogP contribution < -0.4 is 9.47 Å². The number of ketones is 1. The molecule has 1 heterocycles. The van der Waals surface area contributed by atoms with E-state index < -0.39 is 0 Å². The van der Waals surface area contributed by atoms with Gasteiger partial charge in [-0.3, -0.25) is 4.79 Å². The lowest BCUT2D eigenvalue weighted by molar-refractivity contribution is 0.104. The van der Waals surface area contributed by atoms with Crippen molar-refractivity contribution < 1.29 is 23.8 Å². The predicted molar refractivity (Wildman–Crippen MR) is 124 cm³/mol. The predicted octanol–water partition coefficient (Wildman–Crippen LogP) is 5.58. The molecule has 0 saturated heterocycles. The van der Waals surface area contributed by atoms with Crippen LogP contribution in [0.25, 0.3) is 17.5 Å². The van der Waals surface area contributed by atoms with Gasteiger partial charge in [-0.1, -0.05) is 23.7 Å². The van der Waals surface area contributed by atoms with E-state index in [4.69, 9.17) is 25.5 Å². The molecule has 33 heavy (non-hydrogen) atoms. The molecule has 0 amide bonds. The molecule has 0 atom stereocenters. The number of carbonyl (C=O) groups is 1.